The van der Waals surface area contributed by atoms with Gasteiger partial charge in [-0.15, -0.1) is 0 Å². The first-order valence-electron chi connectivity index (χ1n) is 5.16. The molecule has 0 N–H and O–H groups in total. The summed E-state index contributed by atoms with van der Waals surface area (Å²) in [7, 11) is 0. The van der Waals surface area contributed by atoms with Crippen LogP contribution < -0.4 is 4.74 Å². The molecule has 4 heteroatoms. The summed E-state index contributed by atoms with van der Waals surface area (Å²) in [6, 6.07) is 13.5. The van der Waals surface area contributed by atoms with Crippen molar-refractivity contribution >= 4 is 17.9 Å². The standard InChI is InChI=1S/C14H8ClNO2/c15-13-3-1-2-11(9-17)14(13)18-12-6-4-10(8-16)5-7-12/h1-7,9H. The van der Waals surface area contributed by atoms with Gasteiger partial charge in [0.2, 0.25) is 0 Å². The molecule has 0 unspecified atom stereocenters. The summed E-state index contributed by atoms with van der Waals surface area (Å²) in [5.41, 5.74) is 0.920. The van der Waals surface area contributed by atoms with Crippen LogP contribution in [0.25, 0.3) is 0 Å². The van der Waals surface area contributed by atoms with Gasteiger partial charge in [0, 0.05) is 0 Å². The smallest absolute Gasteiger partial charge is 0.156 e. The van der Waals surface area contributed by atoms with E-state index in [1.54, 1.807) is 42.5 Å². The van der Waals surface area contributed by atoms with E-state index in [-0.39, 0.29) is 0 Å². The molecule has 0 bridgehead atoms. The van der Waals surface area contributed by atoms with Crippen molar-refractivity contribution in [3.8, 4) is 17.6 Å². The Kier molecular flexibility index (Phi) is 3.61. The highest BCUT2D eigenvalue weighted by Gasteiger charge is 2.08. The number of nitrogens with zero attached hydrogens (tertiary/aromatic N) is 1. The number of halogens is 1. The van der Waals surface area contributed by atoms with Crippen molar-refractivity contribution in [2.24, 2.45) is 0 Å². The van der Waals surface area contributed by atoms with Gasteiger partial charge in [-0.2, -0.15) is 5.26 Å². The van der Waals surface area contributed by atoms with Gasteiger partial charge in [0.15, 0.2) is 12.0 Å². The molecule has 0 aromatic heterocycles. The molecule has 0 fully saturated rings. The summed E-state index contributed by atoms with van der Waals surface area (Å²) < 4.78 is 5.56. The SMILES string of the molecule is N#Cc1ccc(Oc2c(Cl)cccc2C=O)cc1. The summed E-state index contributed by atoms with van der Waals surface area (Å²) >= 11 is 5.98. The third kappa shape index (κ3) is 2.50. The number of aldehydes is 1. The number of hydrogen-bond acceptors (Lipinski definition) is 3. The second-order valence-electron chi connectivity index (χ2n) is 3.51. The minimum absolute atomic E-state index is 0.318. The van der Waals surface area contributed by atoms with Crippen molar-refractivity contribution in [2.45, 2.75) is 0 Å². The van der Waals surface area contributed by atoms with E-state index >= 15 is 0 Å². The molecular formula is C14H8ClNO2. The lowest BCUT2D eigenvalue weighted by Gasteiger charge is -2.09. The van der Waals surface area contributed by atoms with E-state index in [2.05, 4.69) is 0 Å². The largest absolute Gasteiger partial charge is 0.455 e. The summed E-state index contributed by atoms with van der Waals surface area (Å²) in [5, 5.41) is 9.05. The van der Waals surface area contributed by atoms with Gasteiger partial charge >= 0.3 is 0 Å². The highest BCUT2D eigenvalue weighted by Crippen LogP contribution is 2.32. The molecule has 0 amide bonds. The number of carbonyl (C=O) groups excluding carboxylic acids is 1. The molecule has 2 aromatic carbocycles. The molecule has 0 heterocycles. The zero-order valence-electron chi connectivity index (χ0n) is 9.26. The van der Waals surface area contributed by atoms with Crippen molar-refractivity contribution < 1.29 is 9.53 Å². The molecule has 0 saturated heterocycles. The van der Waals surface area contributed by atoms with Gasteiger partial charge in [0.1, 0.15) is 5.75 Å². The van der Waals surface area contributed by atoms with Crippen molar-refractivity contribution in [1.29, 1.82) is 5.26 Å². The second-order valence-corrected chi connectivity index (χ2v) is 3.92. The van der Waals surface area contributed by atoms with Gasteiger partial charge in [0.05, 0.1) is 22.2 Å². The molecule has 2 aromatic rings. The van der Waals surface area contributed by atoms with Crippen molar-refractivity contribution in [3.63, 3.8) is 0 Å². The number of nitriles is 1. The number of para-hydroxylation sites is 1. The lowest BCUT2D eigenvalue weighted by Crippen LogP contribution is -1.91. The first-order chi connectivity index (χ1) is 8.74. The Hall–Kier alpha value is -2.31. The lowest BCUT2D eigenvalue weighted by molar-refractivity contribution is 0.112. The number of rotatable bonds is 3. The molecule has 0 atom stereocenters. The molecule has 3 nitrogen and oxygen atoms in total. The van der Waals surface area contributed by atoms with E-state index in [4.69, 9.17) is 21.6 Å². The number of benzene rings is 2. The molecule has 0 aliphatic rings. The molecule has 0 aliphatic carbocycles. The molecule has 0 radical (unpaired) electrons. The predicted octanol–water partition coefficient (Wildman–Crippen LogP) is 3.82. The Bertz CT molecular complexity index is 615. The van der Waals surface area contributed by atoms with Crippen LogP contribution >= 0.6 is 11.6 Å². The number of ether oxygens (including phenoxy) is 1. The quantitative estimate of drug-likeness (QED) is 0.786. The fraction of sp³-hybridized carbons (Fsp3) is 0. The number of hydrogen-bond donors (Lipinski definition) is 0. The summed E-state index contributed by atoms with van der Waals surface area (Å²) in [6.07, 6.45) is 0.685. The van der Waals surface area contributed by atoms with Crippen LogP contribution in [0.2, 0.25) is 5.02 Å². The second kappa shape index (κ2) is 5.35. The Morgan fingerprint density at radius 3 is 2.50 bits per heavy atom. The van der Waals surface area contributed by atoms with E-state index in [0.717, 1.165) is 0 Å². The van der Waals surface area contributed by atoms with Gasteiger partial charge in [-0.05, 0) is 36.4 Å². The first-order valence-corrected chi connectivity index (χ1v) is 5.54. The fourth-order valence-electron chi connectivity index (χ4n) is 1.44. The Morgan fingerprint density at radius 2 is 1.89 bits per heavy atom. The molecule has 18 heavy (non-hydrogen) atoms. The monoisotopic (exact) mass is 257 g/mol. The van der Waals surface area contributed by atoms with Gasteiger partial charge < -0.3 is 4.74 Å². The zero-order valence-corrected chi connectivity index (χ0v) is 10.0. The fourth-order valence-corrected chi connectivity index (χ4v) is 1.66. The van der Waals surface area contributed by atoms with Crippen LogP contribution in [0.15, 0.2) is 42.5 Å². The maximum atomic E-state index is 10.9. The van der Waals surface area contributed by atoms with Crippen molar-refractivity contribution in [2.75, 3.05) is 0 Å². The molecule has 0 spiro atoms. The van der Waals surface area contributed by atoms with Crippen LogP contribution in [0.5, 0.6) is 11.5 Å². The number of carbonyl (C=O) groups is 1. The molecule has 88 valence electrons. The van der Waals surface area contributed by atoms with Crippen LogP contribution in [-0.4, -0.2) is 6.29 Å². The average molecular weight is 258 g/mol. The highest BCUT2D eigenvalue weighted by molar-refractivity contribution is 6.32. The van der Waals surface area contributed by atoms with Gasteiger partial charge in [-0.25, -0.2) is 0 Å². The van der Waals surface area contributed by atoms with Crippen LogP contribution in [-0.2, 0) is 0 Å². The maximum absolute atomic E-state index is 10.9. The summed E-state index contributed by atoms with van der Waals surface area (Å²) in [4.78, 5) is 10.9. The van der Waals surface area contributed by atoms with E-state index < -0.39 is 0 Å². The Balaban J connectivity index is 2.33. The van der Waals surface area contributed by atoms with Gasteiger partial charge in [0.25, 0.3) is 0 Å². The van der Waals surface area contributed by atoms with Crippen LogP contribution in [0.4, 0.5) is 0 Å². The van der Waals surface area contributed by atoms with E-state index in [1.807, 2.05) is 6.07 Å². The van der Waals surface area contributed by atoms with Crippen LogP contribution in [0, 0.1) is 11.3 Å². The van der Waals surface area contributed by atoms with Gasteiger partial charge in [-0.3, -0.25) is 4.79 Å². The van der Waals surface area contributed by atoms with Crippen LogP contribution in [0.3, 0.4) is 0 Å². The van der Waals surface area contributed by atoms with Gasteiger partial charge in [-0.1, -0.05) is 17.7 Å². The molecular weight excluding hydrogens is 250 g/mol. The Morgan fingerprint density at radius 1 is 1.17 bits per heavy atom. The third-order valence-electron chi connectivity index (χ3n) is 2.33. The normalized spacial score (nSPS) is 9.56. The van der Waals surface area contributed by atoms with Crippen molar-refractivity contribution in [1.82, 2.24) is 0 Å². The first kappa shape index (κ1) is 12.2. The highest BCUT2D eigenvalue weighted by atomic mass is 35.5. The Labute approximate surface area is 109 Å². The maximum Gasteiger partial charge on any atom is 0.156 e. The van der Waals surface area contributed by atoms with E-state index in [0.29, 0.717) is 33.9 Å². The van der Waals surface area contributed by atoms with E-state index in [1.165, 1.54) is 0 Å². The lowest BCUT2D eigenvalue weighted by atomic mass is 10.2. The molecule has 0 saturated carbocycles. The summed E-state index contributed by atoms with van der Waals surface area (Å²) in [6.45, 7) is 0. The predicted molar refractivity (Wildman–Crippen MR) is 68.1 cm³/mol. The zero-order chi connectivity index (χ0) is 13.0. The van der Waals surface area contributed by atoms with Crippen LogP contribution in [0.1, 0.15) is 15.9 Å². The topological polar surface area (TPSA) is 50.1 Å². The van der Waals surface area contributed by atoms with Crippen molar-refractivity contribution in [3.05, 3.63) is 58.6 Å². The third-order valence-corrected chi connectivity index (χ3v) is 2.63. The molecule has 0 aliphatic heterocycles. The average Bonchev–Trinajstić information content (AvgIpc) is 2.42. The minimum atomic E-state index is 0.318. The minimum Gasteiger partial charge on any atom is -0.455 e. The van der Waals surface area contributed by atoms with E-state index in [9.17, 15) is 4.79 Å². The molecule has 2 rings (SSSR count). The summed E-state index contributed by atoms with van der Waals surface area (Å²) in [5.74, 6) is 0.837.